The summed E-state index contributed by atoms with van der Waals surface area (Å²) >= 11 is 0. The van der Waals surface area contributed by atoms with E-state index in [0.29, 0.717) is 12.5 Å². The van der Waals surface area contributed by atoms with E-state index in [-0.39, 0.29) is 11.9 Å². The zero-order valence-electron chi connectivity index (χ0n) is 13.3. The van der Waals surface area contributed by atoms with Crippen LogP contribution in [-0.2, 0) is 4.79 Å². The molecule has 1 heterocycles. The molecule has 1 aliphatic rings. The largest absolute Gasteiger partial charge is 0.494 e. The zero-order valence-corrected chi connectivity index (χ0v) is 13.3. The Morgan fingerprint density at radius 3 is 2.76 bits per heavy atom. The number of carbonyl (C=O) groups is 1. The van der Waals surface area contributed by atoms with Gasteiger partial charge in [-0.2, -0.15) is 0 Å². The molecule has 0 aromatic heterocycles. The van der Waals surface area contributed by atoms with Gasteiger partial charge in [0.1, 0.15) is 5.75 Å². The summed E-state index contributed by atoms with van der Waals surface area (Å²) in [6.45, 7) is 8.87. The van der Waals surface area contributed by atoms with Crippen LogP contribution in [0.1, 0.15) is 33.6 Å². The number of piperidine rings is 1. The molecule has 1 aromatic rings. The average Bonchev–Trinajstić information content (AvgIpc) is 2.48. The van der Waals surface area contributed by atoms with E-state index in [1.54, 1.807) is 0 Å². The van der Waals surface area contributed by atoms with E-state index in [0.717, 1.165) is 24.5 Å². The van der Waals surface area contributed by atoms with Crippen LogP contribution in [0.2, 0.25) is 0 Å². The van der Waals surface area contributed by atoms with Crippen molar-refractivity contribution in [2.24, 2.45) is 5.92 Å². The summed E-state index contributed by atoms with van der Waals surface area (Å²) in [7, 11) is 0. The molecule has 1 aromatic carbocycles. The van der Waals surface area contributed by atoms with Crippen LogP contribution in [0.15, 0.2) is 24.3 Å². The van der Waals surface area contributed by atoms with Gasteiger partial charge in [-0.05, 0) is 63.4 Å². The highest BCUT2D eigenvalue weighted by atomic mass is 16.5. The van der Waals surface area contributed by atoms with Gasteiger partial charge in [0.15, 0.2) is 0 Å². The molecule has 1 saturated heterocycles. The summed E-state index contributed by atoms with van der Waals surface area (Å²) in [5, 5.41) is 2.99. The Morgan fingerprint density at radius 2 is 2.14 bits per heavy atom. The maximum Gasteiger partial charge on any atom is 0.241 e. The third-order valence-corrected chi connectivity index (χ3v) is 4.05. The predicted molar refractivity (Wildman–Crippen MR) is 85.7 cm³/mol. The van der Waals surface area contributed by atoms with Gasteiger partial charge < -0.3 is 10.1 Å². The fourth-order valence-electron chi connectivity index (χ4n) is 2.79. The Balaban J connectivity index is 1.90. The summed E-state index contributed by atoms with van der Waals surface area (Å²) in [4.78, 5) is 14.6. The number of benzene rings is 1. The molecular formula is C17H26N2O2. The van der Waals surface area contributed by atoms with E-state index in [1.165, 1.54) is 12.8 Å². The highest BCUT2D eigenvalue weighted by molar-refractivity contribution is 5.94. The smallest absolute Gasteiger partial charge is 0.241 e. The molecule has 21 heavy (non-hydrogen) atoms. The van der Waals surface area contributed by atoms with Gasteiger partial charge in [0, 0.05) is 12.2 Å². The highest BCUT2D eigenvalue weighted by Gasteiger charge is 2.25. The summed E-state index contributed by atoms with van der Waals surface area (Å²) in [5.41, 5.74) is 0.820. The molecule has 0 aliphatic carbocycles. The van der Waals surface area contributed by atoms with Crippen LogP contribution in [0.4, 0.5) is 5.69 Å². The van der Waals surface area contributed by atoms with Gasteiger partial charge in [-0.25, -0.2) is 0 Å². The first kappa shape index (κ1) is 15.8. The van der Waals surface area contributed by atoms with E-state index in [4.69, 9.17) is 4.74 Å². The Morgan fingerprint density at radius 1 is 1.43 bits per heavy atom. The molecule has 1 N–H and O–H groups in total. The second kappa shape index (κ2) is 7.46. The number of ether oxygens (including phenoxy) is 1. The van der Waals surface area contributed by atoms with Crippen LogP contribution in [0.3, 0.4) is 0 Å². The molecule has 0 spiro atoms. The minimum Gasteiger partial charge on any atom is -0.494 e. The van der Waals surface area contributed by atoms with Gasteiger partial charge in [-0.1, -0.05) is 6.92 Å². The molecule has 2 rings (SSSR count). The lowest BCUT2D eigenvalue weighted by atomic mass is 9.99. The van der Waals surface area contributed by atoms with Crippen LogP contribution < -0.4 is 10.1 Å². The highest BCUT2D eigenvalue weighted by Crippen LogP contribution is 2.19. The molecular weight excluding hydrogens is 264 g/mol. The fourth-order valence-corrected chi connectivity index (χ4v) is 2.79. The number of nitrogens with zero attached hydrogens (tertiary/aromatic N) is 1. The molecule has 116 valence electrons. The first-order chi connectivity index (χ1) is 10.1. The van der Waals surface area contributed by atoms with Crippen LogP contribution in [-0.4, -0.2) is 36.5 Å². The van der Waals surface area contributed by atoms with Gasteiger partial charge in [-0.3, -0.25) is 9.69 Å². The molecule has 2 atom stereocenters. The van der Waals surface area contributed by atoms with E-state index in [9.17, 15) is 4.79 Å². The minimum atomic E-state index is -0.0840. The average molecular weight is 290 g/mol. The molecule has 1 amide bonds. The number of hydrogen-bond acceptors (Lipinski definition) is 3. The second-order valence-electron chi connectivity index (χ2n) is 5.86. The zero-order chi connectivity index (χ0) is 15.2. The Bertz CT molecular complexity index is 458. The molecule has 0 bridgehead atoms. The number of hydrogen-bond donors (Lipinski definition) is 1. The number of rotatable bonds is 5. The first-order valence-corrected chi connectivity index (χ1v) is 7.88. The fraction of sp³-hybridized carbons (Fsp3) is 0.588. The van der Waals surface area contributed by atoms with Gasteiger partial charge in [-0.15, -0.1) is 0 Å². The number of nitrogens with one attached hydrogen (secondary N) is 1. The number of amides is 1. The Kier molecular flexibility index (Phi) is 5.62. The Labute approximate surface area is 127 Å². The molecule has 1 aliphatic heterocycles. The monoisotopic (exact) mass is 290 g/mol. The molecule has 4 nitrogen and oxygen atoms in total. The first-order valence-electron chi connectivity index (χ1n) is 7.88. The standard InChI is InChI=1S/C17H26N2O2/c1-4-21-16-9-7-15(8-10-16)18-17(20)14(3)19-11-5-6-13(2)12-19/h7-10,13-14H,4-6,11-12H2,1-3H3,(H,18,20)/t13-,14+/m0/s1. The quantitative estimate of drug-likeness (QED) is 0.906. The Hall–Kier alpha value is -1.55. The lowest BCUT2D eigenvalue weighted by Gasteiger charge is -2.34. The van der Waals surface area contributed by atoms with Gasteiger partial charge in [0.05, 0.1) is 12.6 Å². The van der Waals surface area contributed by atoms with Crippen molar-refractivity contribution in [1.29, 1.82) is 0 Å². The summed E-state index contributed by atoms with van der Waals surface area (Å²) in [5.74, 6) is 1.57. The van der Waals surface area contributed by atoms with Gasteiger partial charge in [0.25, 0.3) is 0 Å². The van der Waals surface area contributed by atoms with Crippen molar-refractivity contribution in [3.8, 4) is 5.75 Å². The van der Waals surface area contributed by atoms with Crippen molar-refractivity contribution in [1.82, 2.24) is 4.90 Å². The van der Waals surface area contributed by atoms with E-state index < -0.39 is 0 Å². The van der Waals surface area contributed by atoms with Crippen molar-refractivity contribution in [2.75, 3.05) is 25.0 Å². The topological polar surface area (TPSA) is 41.6 Å². The predicted octanol–water partition coefficient (Wildman–Crippen LogP) is 3.14. The molecule has 0 unspecified atom stereocenters. The van der Waals surface area contributed by atoms with Gasteiger partial charge >= 0.3 is 0 Å². The van der Waals surface area contributed by atoms with Crippen molar-refractivity contribution in [3.05, 3.63) is 24.3 Å². The molecule has 0 saturated carbocycles. The number of carbonyl (C=O) groups excluding carboxylic acids is 1. The normalized spacial score (nSPS) is 20.8. The van der Waals surface area contributed by atoms with Gasteiger partial charge in [0.2, 0.25) is 5.91 Å². The van der Waals surface area contributed by atoms with Crippen molar-refractivity contribution in [3.63, 3.8) is 0 Å². The summed E-state index contributed by atoms with van der Waals surface area (Å²) in [6.07, 6.45) is 2.45. The van der Waals surface area contributed by atoms with Crippen LogP contribution in [0, 0.1) is 5.92 Å². The van der Waals surface area contributed by atoms with Crippen LogP contribution >= 0.6 is 0 Å². The molecule has 4 heteroatoms. The van der Waals surface area contributed by atoms with E-state index in [1.807, 2.05) is 38.1 Å². The second-order valence-corrected chi connectivity index (χ2v) is 5.86. The summed E-state index contributed by atoms with van der Waals surface area (Å²) < 4.78 is 5.40. The van der Waals surface area contributed by atoms with Crippen molar-refractivity contribution in [2.45, 2.75) is 39.7 Å². The van der Waals surface area contributed by atoms with E-state index >= 15 is 0 Å². The number of anilines is 1. The van der Waals surface area contributed by atoms with Crippen molar-refractivity contribution < 1.29 is 9.53 Å². The van der Waals surface area contributed by atoms with Crippen LogP contribution in [0.25, 0.3) is 0 Å². The number of likely N-dealkylation sites (tertiary alicyclic amines) is 1. The van der Waals surface area contributed by atoms with E-state index in [2.05, 4.69) is 17.1 Å². The minimum absolute atomic E-state index is 0.0632. The van der Waals surface area contributed by atoms with Crippen LogP contribution in [0.5, 0.6) is 5.75 Å². The SMILES string of the molecule is CCOc1ccc(NC(=O)[C@@H](C)N2CCC[C@H](C)C2)cc1. The van der Waals surface area contributed by atoms with Crippen molar-refractivity contribution >= 4 is 11.6 Å². The third-order valence-electron chi connectivity index (χ3n) is 4.05. The third kappa shape index (κ3) is 4.46. The summed E-state index contributed by atoms with van der Waals surface area (Å²) in [6, 6.07) is 7.45. The molecule has 0 radical (unpaired) electrons. The maximum atomic E-state index is 12.3. The molecule has 1 fully saturated rings. The maximum absolute atomic E-state index is 12.3. The lowest BCUT2D eigenvalue weighted by Crippen LogP contribution is -2.46. The lowest BCUT2D eigenvalue weighted by molar-refractivity contribution is -0.121.